The molecule has 0 aromatic heterocycles. The van der Waals surface area contributed by atoms with Gasteiger partial charge in [-0.05, 0) is 29.6 Å². The minimum Gasteiger partial charge on any atom is -0.369 e. The van der Waals surface area contributed by atoms with E-state index in [1.165, 1.54) is 6.07 Å². The number of benzene rings is 1. The first kappa shape index (κ1) is 11.4. The summed E-state index contributed by atoms with van der Waals surface area (Å²) in [5.74, 6) is 2.55. The molecule has 1 fully saturated rings. The van der Waals surface area contributed by atoms with E-state index in [0.717, 1.165) is 23.5 Å². The van der Waals surface area contributed by atoms with Crippen molar-refractivity contribution in [3.05, 3.63) is 29.6 Å². The third kappa shape index (κ3) is 1.66. The Bertz CT molecular complexity index is 437. The van der Waals surface area contributed by atoms with Crippen molar-refractivity contribution in [1.29, 1.82) is 0 Å². The summed E-state index contributed by atoms with van der Waals surface area (Å²) < 4.78 is 14.0. The van der Waals surface area contributed by atoms with E-state index in [1.807, 2.05) is 24.9 Å². The third-order valence-electron chi connectivity index (χ3n) is 4.05. The van der Waals surface area contributed by atoms with Crippen LogP contribution in [0.2, 0.25) is 0 Å². The van der Waals surface area contributed by atoms with Gasteiger partial charge in [-0.3, -0.25) is 0 Å². The molecule has 2 aliphatic rings. The van der Waals surface area contributed by atoms with Crippen LogP contribution in [0.4, 0.5) is 10.1 Å². The second-order valence-electron chi connectivity index (χ2n) is 4.91. The number of fused-ring (bicyclic) bond motifs is 2. The summed E-state index contributed by atoms with van der Waals surface area (Å²) in [5, 5.41) is 0. The molecular weight excluding hydrogens is 235 g/mol. The predicted molar refractivity (Wildman–Crippen MR) is 71.0 cm³/mol. The number of para-hydroxylation sites is 1. The Morgan fingerprint density at radius 1 is 1.47 bits per heavy atom. The van der Waals surface area contributed by atoms with Gasteiger partial charge in [0.2, 0.25) is 0 Å². The Labute approximate surface area is 105 Å². The van der Waals surface area contributed by atoms with Crippen molar-refractivity contribution in [3.63, 3.8) is 0 Å². The highest BCUT2D eigenvalue weighted by Gasteiger charge is 2.40. The highest BCUT2D eigenvalue weighted by atomic mass is 32.2. The Kier molecular flexibility index (Phi) is 2.79. The highest BCUT2D eigenvalue weighted by molar-refractivity contribution is 7.99. The van der Waals surface area contributed by atoms with Crippen LogP contribution in [0.25, 0.3) is 0 Å². The van der Waals surface area contributed by atoms with E-state index in [0.29, 0.717) is 17.6 Å². The molecule has 92 valence electrons. The molecule has 2 heterocycles. The van der Waals surface area contributed by atoms with Gasteiger partial charge in [0, 0.05) is 25.0 Å². The first-order valence-corrected chi connectivity index (χ1v) is 7.20. The van der Waals surface area contributed by atoms with E-state index < -0.39 is 0 Å². The van der Waals surface area contributed by atoms with Crippen LogP contribution < -0.4 is 10.6 Å². The highest BCUT2D eigenvalue weighted by Crippen LogP contribution is 2.44. The van der Waals surface area contributed by atoms with E-state index in [1.54, 1.807) is 6.07 Å². The largest absolute Gasteiger partial charge is 0.369 e. The van der Waals surface area contributed by atoms with Crippen molar-refractivity contribution in [1.82, 2.24) is 0 Å². The lowest BCUT2D eigenvalue weighted by Crippen LogP contribution is -2.50. The number of halogens is 1. The van der Waals surface area contributed by atoms with Crippen molar-refractivity contribution in [2.24, 2.45) is 11.7 Å². The standard InChI is InChI=1S/C13H17FN2S/c1-16-11-5-6-17-7-9(11)12(15)8-3-2-4-10(14)13(8)16/h2-4,9,11-12H,5-7,15H2,1H3. The average Bonchev–Trinajstić information content (AvgIpc) is 2.36. The van der Waals surface area contributed by atoms with Crippen LogP contribution in [0, 0.1) is 11.7 Å². The number of nitrogens with two attached hydrogens (primary N) is 1. The van der Waals surface area contributed by atoms with Gasteiger partial charge in [0.25, 0.3) is 0 Å². The minimum absolute atomic E-state index is 0.0188. The maximum Gasteiger partial charge on any atom is 0.146 e. The summed E-state index contributed by atoms with van der Waals surface area (Å²) in [7, 11) is 2.00. The average molecular weight is 252 g/mol. The minimum atomic E-state index is -0.142. The number of hydrogen-bond acceptors (Lipinski definition) is 3. The van der Waals surface area contributed by atoms with Crippen LogP contribution in [0.3, 0.4) is 0 Å². The summed E-state index contributed by atoms with van der Waals surface area (Å²) >= 11 is 1.96. The maximum absolute atomic E-state index is 14.0. The van der Waals surface area contributed by atoms with Crippen LogP contribution in [0.1, 0.15) is 18.0 Å². The number of anilines is 1. The molecule has 3 atom stereocenters. The fourth-order valence-electron chi connectivity index (χ4n) is 3.14. The molecule has 1 saturated heterocycles. The van der Waals surface area contributed by atoms with Crippen LogP contribution in [-0.4, -0.2) is 24.6 Å². The Morgan fingerprint density at radius 3 is 3.12 bits per heavy atom. The van der Waals surface area contributed by atoms with Gasteiger partial charge >= 0.3 is 0 Å². The van der Waals surface area contributed by atoms with Crippen molar-refractivity contribution in [2.75, 3.05) is 23.5 Å². The van der Waals surface area contributed by atoms with Gasteiger partial charge < -0.3 is 10.6 Å². The van der Waals surface area contributed by atoms with Gasteiger partial charge in [-0.2, -0.15) is 11.8 Å². The molecule has 0 bridgehead atoms. The van der Waals surface area contributed by atoms with Crippen LogP contribution >= 0.6 is 11.8 Å². The molecule has 0 radical (unpaired) electrons. The first-order valence-electron chi connectivity index (χ1n) is 6.04. The quantitative estimate of drug-likeness (QED) is 0.769. The van der Waals surface area contributed by atoms with Gasteiger partial charge in [0.15, 0.2) is 0 Å². The van der Waals surface area contributed by atoms with Gasteiger partial charge in [-0.1, -0.05) is 12.1 Å². The Hall–Kier alpha value is -0.740. The molecule has 17 heavy (non-hydrogen) atoms. The summed E-state index contributed by atoms with van der Waals surface area (Å²) in [6.07, 6.45) is 1.10. The van der Waals surface area contributed by atoms with Gasteiger partial charge in [-0.15, -0.1) is 0 Å². The fourth-order valence-corrected chi connectivity index (χ4v) is 4.42. The van der Waals surface area contributed by atoms with Gasteiger partial charge in [-0.25, -0.2) is 4.39 Å². The van der Waals surface area contributed by atoms with Gasteiger partial charge in [0.05, 0.1) is 5.69 Å². The second kappa shape index (κ2) is 4.18. The third-order valence-corrected chi connectivity index (χ3v) is 5.20. The zero-order valence-corrected chi connectivity index (χ0v) is 10.7. The van der Waals surface area contributed by atoms with Crippen LogP contribution in [0.5, 0.6) is 0 Å². The molecule has 2 N–H and O–H groups in total. The Morgan fingerprint density at radius 2 is 2.29 bits per heavy atom. The lowest BCUT2D eigenvalue weighted by molar-refractivity contribution is 0.342. The normalized spacial score (nSPS) is 31.9. The fraction of sp³-hybridized carbons (Fsp3) is 0.538. The smallest absolute Gasteiger partial charge is 0.146 e. The molecule has 0 spiro atoms. The zero-order chi connectivity index (χ0) is 12.0. The molecule has 1 aromatic rings. The zero-order valence-electron chi connectivity index (χ0n) is 9.90. The lowest BCUT2D eigenvalue weighted by atomic mass is 9.81. The van der Waals surface area contributed by atoms with E-state index in [9.17, 15) is 4.39 Å². The van der Waals surface area contributed by atoms with Crippen LogP contribution in [0.15, 0.2) is 18.2 Å². The monoisotopic (exact) mass is 252 g/mol. The summed E-state index contributed by atoms with van der Waals surface area (Å²) in [5.41, 5.74) is 8.01. The van der Waals surface area contributed by atoms with Crippen LogP contribution in [-0.2, 0) is 0 Å². The second-order valence-corrected chi connectivity index (χ2v) is 6.06. The predicted octanol–water partition coefficient (Wildman–Crippen LogP) is 2.40. The SMILES string of the molecule is CN1c2c(F)cccc2C(N)C2CSCCC21. The van der Waals surface area contributed by atoms with E-state index in [2.05, 4.69) is 4.90 Å². The topological polar surface area (TPSA) is 29.3 Å². The van der Waals surface area contributed by atoms with Crippen molar-refractivity contribution in [2.45, 2.75) is 18.5 Å². The van der Waals surface area contributed by atoms with E-state index >= 15 is 0 Å². The molecule has 3 unspecified atom stereocenters. The molecule has 1 aromatic carbocycles. The van der Waals surface area contributed by atoms with Crippen molar-refractivity contribution < 1.29 is 4.39 Å². The summed E-state index contributed by atoms with van der Waals surface area (Å²) in [4.78, 5) is 2.11. The van der Waals surface area contributed by atoms with Crippen molar-refractivity contribution in [3.8, 4) is 0 Å². The van der Waals surface area contributed by atoms with Crippen molar-refractivity contribution >= 4 is 17.4 Å². The molecule has 0 aliphatic carbocycles. The van der Waals surface area contributed by atoms with E-state index in [4.69, 9.17) is 5.73 Å². The molecule has 0 saturated carbocycles. The van der Waals surface area contributed by atoms with Gasteiger partial charge in [0.1, 0.15) is 5.82 Å². The molecular formula is C13H17FN2S. The molecule has 0 amide bonds. The first-order chi connectivity index (χ1) is 8.20. The van der Waals surface area contributed by atoms with E-state index in [-0.39, 0.29) is 11.9 Å². The summed E-state index contributed by atoms with van der Waals surface area (Å²) in [6.45, 7) is 0. The molecule has 3 rings (SSSR count). The maximum atomic E-state index is 14.0. The number of hydrogen-bond donors (Lipinski definition) is 1. The molecule has 4 heteroatoms. The number of nitrogens with zero attached hydrogens (tertiary/aromatic N) is 1. The molecule has 2 nitrogen and oxygen atoms in total. The number of thioether (sulfide) groups is 1. The lowest BCUT2D eigenvalue weighted by Gasteiger charge is -2.47. The summed E-state index contributed by atoms with van der Waals surface area (Å²) in [6, 6.07) is 5.64. The Balaban J connectivity index is 2.10. The molecule has 2 aliphatic heterocycles. The number of rotatable bonds is 0.